The van der Waals surface area contributed by atoms with Gasteiger partial charge in [-0.05, 0) is 117 Å². The van der Waals surface area contributed by atoms with Gasteiger partial charge in [-0.2, -0.15) is 0 Å². The van der Waals surface area contributed by atoms with Crippen LogP contribution in [0.4, 0.5) is 0 Å². The van der Waals surface area contributed by atoms with Crippen LogP contribution in [0.1, 0.15) is 106 Å². The molecule has 2 saturated carbocycles. The second-order valence-electron chi connectivity index (χ2n) is 17.4. The minimum absolute atomic E-state index is 0.535. The van der Waals surface area contributed by atoms with Crippen molar-refractivity contribution in [1.29, 1.82) is 0 Å². The minimum atomic E-state index is 0.535. The highest BCUT2D eigenvalue weighted by Crippen LogP contribution is 2.57. The van der Waals surface area contributed by atoms with E-state index in [0.717, 1.165) is 23.0 Å². The molecule has 11 rings (SSSR count). The molecule has 262 valence electrons. The molecule has 0 spiro atoms. The van der Waals surface area contributed by atoms with Gasteiger partial charge in [0.05, 0.1) is 6.04 Å². The van der Waals surface area contributed by atoms with Gasteiger partial charge in [0.15, 0.2) is 0 Å². The highest BCUT2D eigenvalue weighted by molar-refractivity contribution is 8.01. The normalized spacial score (nSPS) is 39.0. The number of hydrogen-bond donors (Lipinski definition) is 0. The van der Waals surface area contributed by atoms with E-state index in [9.17, 15) is 0 Å². The van der Waals surface area contributed by atoms with E-state index in [2.05, 4.69) is 124 Å². The number of thioether (sulfide) groups is 1. The molecule has 0 N–H and O–H groups in total. The Hall–Kier alpha value is -3.17. The molecule has 2 saturated heterocycles. The van der Waals surface area contributed by atoms with Crippen LogP contribution in [-0.2, 0) is 6.42 Å². The standard InChI is InChI=1S/C48H54N2S/c1-2-11-31(12-3-1)32-21-25-35(26-22-32)49-42-17-7-4-13-36(42)40-29-33(23-27-44(40)49)34-24-28-45-41(30-34)37-14-5-8-18-43(37)50(45)46-19-10-16-39-38-15-6-9-20-47(38)51-48(39)46/h1-3,5-6,9,11,14-15,20-21,24-26,28-33,36,38-39,42,44,46-48H,4,7-8,10,12-13,16-19,22-23,27H2. The fourth-order valence-corrected chi connectivity index (χ4v) is 14.6. The van der Waals surface area contributed by atoms with E-state index >= 15 is 0 Å². The predicted molar refractivity (Wildman–Crippen MR) is 216 cm³/mol. The summed E-state index contributed by atoms with van der Waals surface area (Å²) in [6.07, 6.45) is 51.3. The van der Waals surface area contributed by atoms with Crippen LogP contribution in [0.15, 0.2) is 108 Å². The Kier molecular flexibility index (Phi) is 7.84. The van der Waals surface area contributed by atoms with Crippen molar-refractivity contribution in [3.05, 3.63) is 125 Å². The van der Waals surface area contributed by atoms with Gasteiger partial charge >= 0.3 is 0 Å². The zero-order valence-corrected chi connectivity index (χ0v) is 31.0. The fraction of sp³-hybridized carbons (Fsp3) is 0.500. The van der Waals surface area contributed by atoms with Crippen molar-refractivity contribution in [2.24, 2.45) is 29.6 Å². The molecule has 3 heteroatoms. The largest absolute Gasteiger partial charge is 0.361 e. The summed E-state index contributed by atoms with van der Waals surface area (Å²) < 4.78 is 2.89. The first kappa shape index (κ1) is 31.4. The lowest BCUT2D eigenvalue weighted by Gasteiger charge is -2.38. The zero-order chi connectivity index (χ0) is 33.5. The van der Waals surface area contributed by atoms with E-state index in [1.807, 2.05) is 0 Å². The number of aromatic nitrogens is 1. The second kappa shape index (κ2) is 12.8. The summed E-state index contributed by atoms with van der Waals surface area (Å²) in [5.74, 6) is 4.12. The van der Waals surface area contributed by atoms with Crippen LogP contribution in [0.3, 0.4) is 0 Å². The molecule has 3 heterocycles. The number of benzene rings is 1. The molecule has 9 aliphatic rings. The third-order valence-corrected chi connectivity index (χ3v) is 16.7. The fourth-order valence-electron chi connectivity index (χ4n) is 12.6. The van der Waals surface area contributed by atoms with Crippen LogP contribution >= 0.6 is 11.8 Å². The van der Waals surface area contributed by atoms with Crippen LogP contribution in [0.2, 0.25) is 0 Å². The Bertz CT molecular complexity index is 1960. The van der Waals surface area contributed by atoms with E-state index in [0.29, 0.717) is 41.1 Å². The van der Waals surface area contributed by atoms with Gasteiger partial charge in [-0.1, -0.05) is 104 Å². The van der Waals surface area contributed by atoms with Gasteiger partial charge in [0.2, 0.25) is 0 Å². The number of nitrogens with zero attached hydrogens (tertiary/aromatic N) is 2. The van der Waals surface area contributed by atoms with Crippen molar-refractivity contribution in [3.63, 3.8) is 0 Å². The summed E-state index contributed by atoms with van der Waals surface area (Å²) in [5, 5.41) is 2.92. The lowest BCUT2D eigenvalue weighted by Crippen LogP contribution is -2.38. The summed E-state index contributed by atoms with van der Waals surface area (Å²) in [7, 11) is 0. The molecule has 0 amide bonds. The second-order valence-corrected chi connectivity index (χ2v) is 18.7. The third kappa shape index (κ3) is 5.10. The average molecular weight is 691 g/mol. The number of hydrogen-bond acceptors (Lipinski definition) is 2. The third-order valence-electron chi connectivity index (χ3n) is 14.9. The van der Waals surface area contributed by atoms with Crippen molar-refractivity contribution in [2.45, 2.75) is 118 Å². The number of allylic oxidation sites excluding steroid dienone is 12. The average Bonchev–Trinajstić information content (AvgIpc) is 3.86. The van der Waals surface area contributed by atoms with Crippen molar-refractivity contribution >= 4 is 28.7 Å². The first-order valence-electron chi connectivity index (χ1n) is 20.9. The van der Waals surface area contributed by atoms with Gasteiger partial charge in [0.1, 0.15) is 0 Å². The summed E-state index contributed by atoms with van der Waals surface area (Å²) >= 11 is 2.30. The molecule has 1 aromatic heterocycles. The smallest absolute Gasteiger partial charge is 0.0509 e. The molecule has 7 aliphatic carbocycles. The molecule has 1 aromatic carbocycles. The number of rotatable bonds is 4. The molecule has 51 heavy (non-hydrogen) atoms. The van der Waals surface area contributed by atoms with Crippen LogP contribution < -0.4 is 0 Å². The molecular weight excluding hydrogens is 637 g/mol. The Balaban J connectivity index is 0.909. The molecule has 4 fully saturated rings. The van der Waals surface area contributed by atoms with Crippen molar-refractivity contribution in [3.8, 4) is 0 Å². The molecule has 0 bridgehead atoms. The molecule has 0 radical (unpaired) electrons. The van der Waals surface area contributed by atoms with Crippen molar-refractivity contribution in [1.82, 2.24) is 9.47 Å². The summed E-state index contributed by atoms with van der Waals surface area (Å²) in [6.45, 7) is 0. The molecule has 11 atom stereocenters. The molecule has 2 nitrogen and oxygen atoms in total. The van der Waals surface area contributed by atoms with Crippen molar-refractivity contribution in [2.75, 3.05) is 0 Å². The number of likely N-dealkylation sites (tertiary alicyclic amines) is 1. The highest BCUT2D eigenvalue weighted by Gasteiger charge is 2.49. The van der Waals surface area contributed by atoms with Gasteiger partial charge in [0.25, 0.3) is 0 Å². The number of fused-ring (bicyclic) bond motifs is 9. The maximum atomic E-state index is 2.93. The Morgan fingerprint density at radius 2 is 1.65 bits per heavy atom. The Labute approximate surface area is 309 Å². The summed E-state index contributed by atoms with van der Waals surface area (Å²) in [6, 6.07) is 9.67. The van der Waals surface area contributed by atoms with E-state index < -0.39 is 0 Å². The van der Waals surface area contributed by atoms with Gasteiger partial charge in [-0.3, -0.25) is 0 Å². The van der Waals surface area contributed by atoms with E-state index in [4.69, 9.17) is 0 Å². The molecular formula is C48H54N2S. The SMILES string of the molecule is C1=CCC(C2C=CC(N3C4CCC(c5ccc6c(c5)c5c(n6C6CCCC7C8C=CC=CC8SC76)CCC=C5)C=C4C4CCCCC43)=CC2)C=C1. The first-order chi connectivity index (χ1) is 25.3. The van der Waals surface area contributed by atoms with Crippen LogP contribution in [0.5, 0.6) is 0 Å². The van der Waals surface area contributed by atoms with E-state index in [-0.39, 0.29) is 0 Å². The topological polar surface area (TPSA) is 8.17 Å². The van der Waals surface area contributed by atoms with Crippen LogP contribution in [-0.4, -0.2) is 32.1 Å². The maximum Gasteiger partial charge on any atom is 0.0509 e. The van der Waals surface area contributed by atoms with Crippen LogP contribution in [0, 0.1) is 29.6 Å². The van der Waals surface area contributed by atoms with E-state index in [1.165, 1.54) is 106 Å². The quantitative estimate of drug-likeness (QED) is 0.295. The monoisotopic (exact) mass is 690 g/mol. The van der Waals surface area contributed by atoms with Crippen molar-refractivity contribution < 1.29 is 0 Å². The lowest BCUT2D eigenvalue weighted by molar-refractivity contribution is 0.192. The van der Waals surface area contributed by atoms with Gasteiger partial charge < -0.3 is 9.47 Å². The van der Waals surface area contributed by atoms with E-state index in [1.54, 1.807) is 16.8 Å². The van der Waals surface area contributed by atoms with Gasteiger partial charge in [0, 0.05) is 62.3 Å². The molecule has 2 aliphatic heterocycles. The maximum absolute atomic E-state index is 2.93. The molecule has 11 unspecified atom stereocenters. The zero-order valence-electron chi connectivity index (χ0n) is 30.2. The predicted octanol–water partition coefficient (Wildman–Crippen LogP) is 11.8. The van der Waals surface area contributed by atoms with Crippen LogP contribution in [0.25, 0.3) is 17.0 Å². The first-order valence-corrected chi connectivity index (χ1v) is 21.8. The summed E-state index contributed by atoms with van der Waals surface area (Å²) in [4.78, 5) is 2.93. The van der Waals surface area contributed by atoms with Gasteiger partial charge in [-0.15, -0.1) is 11.8 Å². The summed E-state index contributed by atoms with van der Waals surface area (Å²) in [5.41, 5.74) is 9.56. The Morgan fingerprint density at radius 1 is 0.745 bits per heavy atom. The minimum Gasteiger partial charge on any atom is -0.361 e. The molecule has 2 aromatic rings. The highest BCUT2D eigenvalue weighted by atomic mass is 32.2. The lowest BCUT2D eigenvalue weighted by atomic mass is 9.75. The van der Waals surface area contributed by atoms with Gasteiger partial charge in [-0.25, -0.2) is 0 Å². The Morgan fingerprint density at radius 3 is 2.57 bits per heavy atom.